The molecule has 0 heterocycles. The number of hydrogen-bond acceptors (Lipinski definition) is 1. The van der Waals surface area contributed by atoms with Crippen LogP contribution in [0, 0.1) is 24.5 Å². The standard InChI is InChI=1S/C11H12F2O/c1-6-2-5-8(12)9(10(6)13)11(14)7-3-4-7/h2,5,7,11,14H,3-4H2,1H3. The molecule has 1 aromatic rings. The molecule has 1 nitrogen and oxygen atoms in total. The Kier molecular flexibility index (Phi) is 2.27. The van der Waals surface area contributed by atoms with Gasteiger partial charge in [-0.05, 0) is 37.3 Å². The lowest BCUT2D eigenvalue weighted by atomic mass is 10.0. The highest BCUT2D eigenvalue weighted by Gasteiger charge is 2.34. The first-order chi connectivity index (χ1) is 6.61. The van der Waals surface area contributed by atoms with E-state index in [9.17, 15) is 13.9 Å². The van der Waals surface area contributed by atoms with Crippen molar-refractivity contribution in [2.45, 2.75) is 25.9 Å². The van der Waals surface area contributed by atoms with Crippen molar-refractivity contribution in [1.82, 2.24) is 0 Å². The van der Waals surface area contributed by atoms with E-state index in [-0.39, 0.29) is 11.5 Å². The van der Waals surface area contributed by atoms with Gasteiger partial charge >= 0.3 is 0 Å². The lowest BCUT2D eigenvalue weighted by Crippen LogP contribution is -2.07. The molecule has 76 valence electrons. The van der Waals surface area contributed by atoms with Crippen molar-refractivity contribution < 1.29 is 13.9 Å². The van der Waals surface area contributed by atoms with E-state index in [2.05, 4.69) is 0 Å². The van der Waals surface area contributed by atoms with Crippen LogP contribution in [0.25, 0.3) is 0 Å². The van der Waals surface area contributed by atoms with Crippen molar-refractivity contribution in [1.29, 1.82) is 0 Å². The molecule has 1 aromatic carbocycles. The summed E-state index contributed by atoms with van der Waals surface area (Å²) in [7, 11) is 0. The summed E-state index contributed by atoms with van der Waals surface area (Å²) >= 11 is 0. The fraction of sp³-hybridized carbons (Fsp3) is 0.455. The van der Waals surface area contributed by atoms with Gasteiger partial charge in [0, 0.05) is 0 Å². The predicted octanol–water partition coefficient (Wildman–Crippen LogP) is 2.72. The number of aliphatic hydroxyl groups excluding tert-OH is 1. The lowest BCUT2D eigenvalue weighted by molar-refractivity contribution is 0.144. The molecule has 1 atom stereocenters. The third kappa shape index (κ3) is 1.52. The van der Waals surface area contributed by atoms with E-state index in [1.165, 1.54) is 12.1 Å². The highest BCUT2D eigenvalue weighted by atomic mass is 19.1. The van der Waals surface area contributed by atoms with Crippen molar-refractivity contribution >= 4 is 0 Å². The molecule has 0 amide bonds. The Morgan fingerprint density at radius 2 is 2.00 bits per heavy atom. The molecule has 14 heavy (non-hydrogen) atoms. The van der Waals surface area contributed by atoms with Gasteiger partial charge in [0.15, 0.2) is 0 Å². The first-order valence-electron chi connectivity index (χ1n) is 4.74. The summed E-state index contributed by atoms with van der Waals surface area (Å²) in [5.41, 5.74) is 0.216. The quantitative estimate of drug-likeness (QED) is 0.774. The van der Waals surface area contributed by atoms with Crippen LogP contribution in [0.1, 0.15) is 30.1 Å². The van der Waals surface area contributed by atoms with Crippen LogP contribution in [0.5, 0.6) is 0 Å². The Balaban J connectivity index is 2.43. The Labute approximate surface area is 81.4 Å². The van der Waals surface area contributed by atoms with Crippen LogP contribution >= 0.6 is 0 Å². The number of halogens is 2. The molecule has 1 fully saturated rings. The maximum atomic E-state index is 13.5. The van der Waals surface area contributed by atoms with Gasteiger partial charge in [0.25, 0.3) is 0 Å². The molecule has 0 saturated heterocycles. The minimum Gasteiger partial charge on any atom is -0.388 e. The molecule has 1 aliphatic rings. The van der Waals surface area contributed by atoms with Crippen molar-refractivity contribution in [3.8, 4) is 0 Å². The van der Waals surface area contributed by atoms with Gasteiger partial charge in [-0.3, -0.25) is 0 Å². The van der Waals surface area contributed by atoms with E-state index in [1.807, 2.05) is 0 Å². The van der Waals surface area contributed by atoms with Crippen molar-refractivity contribution in [3.63, 3.8) is 0 Å². The minimum absolute atomic E-state index is 0.0424. The normalized spacial score (nSPS) is 18.3. The van der Waals surface area contributed by atoms with Crippen molar-refractivity contribution in [2.24, 2.45) is 5.92 Å². The molecular weight excluding hydrogens is 186 g/mol. The van der Waals surface area contributed by atoms with E-state index in [4.69, 9.17) is 0 Å². The smallest absolute Gasteiger partial charge is 0.134 e. The SMILES string of the molecule is Cc1ccc(F)c(C(O)C2CC2)c1F. The number of aryl methyl sites for hydroxylation is 1. The van der Waals surface area contributed by atoms with Crippen LogP contribution in [0.15, 0.2) is 12.1 Å². The van der Waals surface area contributed by atoms with E-state index in [0.717, 1.165) is 12.8 Å². The maximum Gasteiger partial charge on any atom is 0.134 e. The average Bonchev–Trinajstić information content (AvgIpc) is 2.95. The highest BCUT2D eigenvalue weighted by molar-refractivity contribution is 5.29. The second-order valence-electron chi connectivity index (χ2n) is 3.87. The molecule has 0 bridgehead atoms. The fourth-order valence-electron chi connectivity index (χ4n) is 1.60. The third-order valence-corrected chi connectivity index (χ3v) is 2.68. The van der Waals surface area contributed by atoms with Gasteiger partial charge in [0.05, 0.1) is 11.7 Å². The van der Waals surface area contributed by atoms with Gasteiger partial charge in [0.1, 0.15) is 11.6 Å². The van der Waals surface area contributed by atoms with Gasteiger partial charge in [-0.1, -0.05) is 6.07 Å². The van der Waals surface area contributed by atoms with Crippen molar-refractivity contribution in [2.75, 3.05) is 0 Å². The second kappa shape index (κ2) is 3.31. The van der Waals surface area contributed by atoms with Crippen LogP contribution < -0.4 is 0 Å². The van der Waals surface area contributed by atoms with Crippen LogP contribution in [0.4, 0.5) is 8.78 Å². The Morgan fingerprint density at radius 1 is 1.36 bits per heavy atom. The number of rotatable bonds is 2. The summed E-state index contributed by atoms with van der Waals surface area (Å²) in [6.07, 6.45) is 0.733. The summed E-state index contributed by atoms with van der Waals surface area (Å²) in [6, 6.07) is 2.59. The zero-order valence-corrected chi connectivity index (χ0v) is 7.93. The lowest BCUT2D eigenvalue weighted by Gasteiger charge is -2.12. The molecule has 1 N–H and O–H groups in total. The Bertz CT molecular complexity index is 359. The van der Waals surface area contributed by atoms with Gasteiger partial charge in [0.2, 0.25) is 0 Å². The Hall–Kier alpha value is -0.960. The zero-order valence-electron chi connectivity index (χ0n) is 7.93. The number of benzene rings is 1. The van der Waals surface area contributed by atoms with E-state index in [0.29, 0.717) is 5.56 Å². The predicted molar refractivity (Wildman–Crippen MR) is 48.8 cm³/mol. The zero-order chi connectivity index (χ0) is 10.3. The first-order valence-corrected chi connectivity index (χ1v) is 4.74. The van der Waals surface area contributed by atoms with Crippen molar-refractivity contribution in [3.05, 3.63) is 34.9 Å². The molecule has 1 aliphatic carbocycles. The fourth-order valence-corrected chi connectivity index (χ4v) is 1.60. The van der Waals surface area contributed by atoms with E-state index < -0.39 is 17.7 Å². The maximum absolute atomic E-state index is 13.5. The Morgan fingerprint density at radius 3 is 2.57 bits per heavy atom. The van der Waals surface area contributed by atoms with Crippen LogP contribution in [0.3, 0.4) is 0 Å². The van der Waals surface area contributed by atoms with Gasteiger partial charge < -0.3 is 5.11 Å². The van der Waals surface area contributed by atoms with Gasteiger partial charge in [-0.25, -0.2) is 8.78 Å². The highest BCUT2D eigenvalue weighted by Crippen LogP contribution is 2.42. The monoisotopic (exact) mass is 198 g/mol. The van der Waals surface area contributed by atoms with Crippen LogP contribution in [-0.2, 0) is 0 Å². The minimum atomic E-state index is -0.977. The average molecular weight is 198 g/mol. The number of hydrogen-bond donors (Lipinski definition) is 1. The van der Waals surface area contributed by atoms with Crippen LogP contribution in [-0.4, -0.2) is 5.11 Å². The summed E-state index contributed by atoms with van der Waals surface area (Å²) < 4.78 is 26.8. The van der Waals surface area contributed by atoms with E-state index >= 15 is 0 Å². The number of aliphatic hydroxyl groups is 1. The van der Waals surface area contributed by atoms with Crippen LogP contribution in [0.2, 0.25) is 0 Å². The van der Waals surface area contributed by atoms with Gasteiger partial charge in [-0.15, -0.1) is 0 Å². The second-order valence-corrected chi connectivity index (χ2v) is 3.87. The summed E-state index contributed by atoms with van der Waals surface area (Å²) in [4.78, 5) is 0. The molecule has 3 heteroatoms. The van der Waals surface area contributed by atoms with Gasteiger partial charge in [-0.2, -0.15) is 0 Å². The largest absolute Gasteiger partial charge is 0.388 e. The first kappa shape index (κ1) is 9.59. The third-order valence-electron chi connectivity index (χ3n) is 2.68. The molecule has 0 aliphatic heterocycles. The summed E-state index contributed by atoms with van der Waals surface area (Å²) in [6.45, 7) is 1.57. The summed E-state index contributed by atoms with van der Waals surface area (Å²) in [5, 5.41) is 9.67. The molecule has 1 unspecified atom stereocenters. The molecule has 0 aromatic heterocycles. The molecule has 0 radical (unpaired) electrons. The molecule has 2 rings (SSSR count). The topological polar surface area (TPSA) is 20.2 Å². The summed E-state index contributed by atoms with van der Waals surface area (Å²) in [5.74, 6) is -1.21. The van der Waals surface area contributed by atoms with E-state index in [1.54, 1.807) is 6.92 Å². The molecule has 0 spiro atoms. The molecule has 1 saturated carbocycles. The molecular formula is C11H12F2O.